The third-order valence-corrected chi connectivity index (χ3v) is 8.69. The fraction of sp³-hybridized carbons (Fsp3) is 0.552. The molecule has 1 aliphatic carbocycles. The van der Waals surface area contributed by atoms with Crippen molar-refractivity contribution < 1.29 is 45.4 Å². The first-order chi connectivity index (χ1) is 18.7. The van der Waals surface area contributed by atoms with E-state index in [1.807, 2.05) is 0 Å². The van der Waals surface area contributed by atoms with Gasteiger partial charge in [-0.2, -0.15) is 26.3 Å². The van der Waals surface area contributed by atoms with Crippen LogP contribution in [0.1, 0.15) is 72.8 Å². The first-order valence-corrected chi connectivity index (χ1v) is 13.4. The van der Waals surface area contributed by atoms with Crippen molar-refractivity contribution in [2.75, 3.05) is 13.1 Å². The van der Waals surface area contributed by atoms with Gasteiger partial charge in [-0.15, -0.1) is 0 Å². The predicted octanol–water partition coefficient (Wildman–Crippen LogP) is 7.44. The molecule has 1 N–H and O–H groups in total. The van der Waals surface area contributed by atoms with Crippen LogP contribution in [0.2, 0.25) is 0 Å². The van der Waals surface area contributed by atoms with Crippen molar-refractivity contribution in [1.82, 2.24) is 4.90 Å². The molecule has 0 aromatic heterocycles. The SMILES string of the molecule is C[C@H](C(=O)O)C(c1ccc2c(c1F)OC1(CC2)CCN(Cc2cc(C(F)(F)F)ccc2C(F)(F)F)CC1)C1CC1. The predicted molar refractivity (Wildman–Crippen MR) is 131 cm³/mol. The summed E-state index contributed by atoms with van der Waals surface area (Å²) in [4.78, 5) is 13.4. The average Bonchev–Trinajstić information content (AvgIpc) is 3.71. The lowest BCUT2D eigenvalue weighted by atomic mass is 9.80. The molecule has 2 aromatic carbocycles. The number of aliphatic carboxylic acids is 1. The minimum Gasteiger partial charge on any atom is -0.484 e. The van der Waals surface area contributed by atoms with Gasteiger partial charge in [-0.05, 0) is 79.3 Å². The van der Waals surface area contributed by atoms with Crippen LogP contribution in [0.3, 0.4) is 0 Å². The molecule has 4 nitrogen and oxygen atoms in total. The molecule has 11 heteroatoms. The highest BCUT2D eigenvalue weighted by atomic mass is 19.4. The van der Waals surface area contributed by atoms with E-state index in [-0.39, 0.29) is 31.3 Å². The maximum atomic E-state index is 15.9. The van der Waals surface area contributed by atoms with Crippen LogP contribution in [0.5, 0.6) is 5.75 Å². The second kappa shape index (κ2) is 10.2. The van der Waals surface area contributed by atoms with Gasteiger partial charge < -0.3 is 9.84 Å². The van der Waals surface area contributed by atoms with Gasteiger partial charge in [0.05, 0.1) is 17.0 Å². The Morgan fingerprint density at radius 3 is 2.30 bits per heavy atom. The lowest BCUT2D eigenvalue weighted by Gasteiger charge is -2.45. The summed E-state index contributed by atoms with van der Waals surface area (Å²) in [7, 11) is 0. The summed E-state index contributed by atoms with van der Waals surface area (Å²) in [5, 5.41) is 9.59. The molecular formula is C29H30F7NO3. The summed E-state index contributed by atoms with van der Waals surface area (Å²) in [5.41, 5.74) is -2.41. The van der Waals surface area contributed by atoms with Gasteiger partial charge >= 0.3 is 18.3 Å². The van der Waals surface area contributed by atoms with E-state index in [2.05, 4.69) is 0 Å². The van der Waals surface area contributed by atoms with E-state index in [1.165, 1.54) is 0 Å². The lowest BCUT2D eigenvalue weighted by molar-refractivity contribution is -0.142. The van der Waals surface area contributed by atoms with Crippen molar-refractivity contribution in [3.63, 3.8) is 0 Å². The Kier molecular flexibility index (Phi) is 7.34. The van der Waals surface area contributed by atoms with Crippen LogP contribution in [0.4, 0.5) is 30.7 Å². The lowest BCUT2D eigenvalue weighted by Crippen LogP contribution is -2.49. The topological polar surface area (TPSA) is 49.8 Å². The van der Waals surface area contributed by atoms with Crippen molar-refractivity contribution in [2.45, 2.75) is 75.9 Å². The molecule has 218 valence electrons. The molecule has 0 radical (unpaired) electrons. The molecule has 0 amide bonds. The standard InChI is InChI=1S/C29H30F7NO3/c1-16(26(38)39)23(17-2-3-17)21-6-4-18-8-9-27(40-25(18)24(21)30)10-12-37(13-11-27)15-19-14-20(28(31,32)33)5-7-22(19)29(34,35)36/h4-7,14,16-17,23H,2-3,8-13,15H2,1H3,(H,38,39)/t16-,23?/m0/s1. The summed E-state index contributed by atoms with van der Waals surface area (Å²) in [5.74, 6) is -2.58. The van der Waals surface area contributed by atoms with E-state index in [0.29, 0.717) is 55.0 Å². The summed E-state index contributed by atoms with van der Waals surface area (Å²) in [6.45, 7) is 1.81. The summed E-state index contributed by atoms with van der Waals surface area (Å²) in [6.07, 6.45) is -6.05. The molecule has 3 aliphatic rings. The Hall–Kier alpha value is -2.82. The molecule has 2 aliphatic heterocycles. The minimum absolute atomic E-state index is 0.0943. The maximum absolute atomic E-state index is 15.9. The van der Waals surface area contributed by atoms with Gasteiger partial charge in [0.1, 0.15) is 5.60 Å². The quantitative estimate of drug-likeness (QED) is 0.365. The van der Waals surface area contributed by atoms with Gasteiger partial charge in [-0.25, -0.2) is 4.39 Å². The highest BCUT2D eigenvalue weighted by Gasteiger charge is 2.44. The van der Waals surface area contributed by atoms with Crippen LogP contribution in [0, 0.1) is 17.7 Å². The average molecular weight is 574 g/mol. The van der Waals surface area contributed by atoms with Crippen LogP contribution in [0.25, 0.3) is 0 Å². The Labute approximate surface area is 227 Å². The second-order valence-electron chi connectivity index (χ2n) is 11.4. The van der Waals surface area contributed by atoms with Crippen molar-refractivity contribution in [3.05, 3.63) is 64.0 Å². The molecule has 0 bridgehead atoms. The fourth-order valence-corrected chi connectivity index (χ4v) is 6.24. The van der Waals surface area contributed by atoms with Crippen molar-refractivity contribution in [2.24, 2.45) is 11.8 Å². The van der Waals surface area contributed by atoms with Crippen molar-refractivity contribution >= 4 is 5.97 Å². The molecule has 2 atom stereocenters. The van der Waals surface area contributed by atoms with Gasteiger partial charge in [-0.1, -0.05) is 19.1 Å². The van der Waals surface area contributed by atoms with E-state index in [4.69, 9.17) is 4.74 Å². The largest absolute Gasteiger partial charge is 0.484 e. The number of fused-ring (bicyclic) bond motifs is 1. The number of rotatable bonds is 6. The molecule has 2 aromatic rings. The monoisotopic (exact) mass is 573 g/mol. The van der Waals surface area contributed by atoms with Crippen molar-refractivity contribution in [3.8, 4) is 5.75 Å². The smallest absolute Gasteiger partial charge is 0.416 e. The second-order valence-corrected chi connectivity index (χ2v) is 11.4. The number of likely N-dealkylation sites (tertiary alicyclic amines) is 1. The third-order valence-electron chi connectivity index (χ3n) is 8.69. The number of alkyl halides is 6. The zero-order valence-corrected chi connectivity index (χ0v) is 21.8. The summed E-state index contributed by atoms with van der Waals surface area (Å²) < 4.78 is 102. The number of hydrogen-bond acceptors (Lipinski definition) is 3. The number of carboxylic acids is 1. The Morgan fingerprint density at radius 1 is 1.05 bits per heavy atom. The van der Waals surface area contributed by atoms with Crippen LogP contribution < -0.4 is 4.74 Å². The number of carboxylic acid groups (broad SMARTS) is 1. The van der Waals surface area contributed by atoms with Crippen LogP contribution in [0.15, 0.2) is 30.3 Å². The maximum Gasteiger partial charge on any atom is 0.416 e. The van der Waals surface area contributed by atoms with Crippen LogP contribution in [-0.2, 0) is 30.1 Å². The number of ether oxygens (including phenoxy) is 1. The highest BCUT2D eigenvalue weighted by molar-refractivity contribution is 5.71. The zero-order chi connectivity index (χ0) is 29.0. The van der Waals surface area contributed by atoms with E-state index in [9.17, 15) is 36.2 Å². The molecule has 5 rings (SSSR count). The molecule has 1 saturated carbocycles. The van der Waals surface area contributed by atoms with Gasteiger partial charge in [0, 0.05) is 25.6 Å². The van der Waals surface area contributed by atoms with Gasteiger partial charge in [0.15, 0.2) is 11.6 Å². The third kappa shape index (κ3) is 5.66. The highest BCUT2D eigenvalue weighted by Crippen LogP contribution is 2.50. The van der Waals surface area contributed by atoms with E-state index in [1.54, 1.807) is 24.0 Å². The number of halogens is 7. The Balaban J connectivity index is 1.33. The minimum atomic E-state index is -4.79. The molecule has 1 spiro atoms. The molecule has 2 heterocycles. The molecule has 40 heavy (non-hydrogen) atoms. The zero-order valence-electron chi connectivity index (χ0n) is 21.8. The van der Waals surface area contributed by atoms with Gasteiger partial charge in [0.2, 0.25) is 0 Å². The number of piperidine rings is 1. The first kappa shape index (κ1) is 28.7. The fourth-order valence-electron chi connectivity index (χ4n) is 6.24. The van der Waals surface area contributed by atoms with Gasteiger partial charge in [-0.3, -0.25) is 9.69 Å². The van der Waals surface area contributed by atoms with E-state index in [0.717, 1.165) is 12.8 Å². The molecule has 2 fully saturated rings. The number of hydrogen-bond donors (Lipinski definition) is 1. The van der Waals surface area contributed by atoms with Crippen LogP contribution in [-0.4, -0.2) is 34.7 Å². The number of aryl methyl sites for hydroxylation is 1. The van der Waals surface area contributed by atoms with Crippen LogP contribution >= 0.6 is 0 Å². The molecule has 1 saturated heterocycles. The molecular weight excluding hydrogens is 543 g/mol. The summed E-state index contributed by atoms with van der Waals surface area (Å²) in [6, 6.07) is 4.93. The Bertz CT molecular complexity index is 1280. The van der Waals surface area contributed by atoms with Gasteiger partial charge in [0.25, 0.3) is 0 Å². The number of benzene rings is 2. The molecule has 1 unspecified atom stereocenters. The first-order valence-electron chi connectivity index (χ1n) is 13.4. The normalized spacial score (nSPS) is 21.0. The summed E-state index contributed by atoms with van der Waals surface area (Å²) >= 11 is 0. The number of carbonyl (C=O) groups is 1. The van der Waals surface area contributed by atoms with E-state index >= 15 is 4.39 Å². The Morgan fingerprint density at radius 2 is 1.73 bits per heavy atom. The number of nitrogens with zero attached hydrogens (tertiary/aromatic N) is 1. The van der Waals surface area contributed by atoms with E-state index < -0.39 is 58.3 Å². The van der Waals surface area contributed by atoms with Crippen molar-refractivity contribution in [1.29, 1.82) is 0 Å².